The van der Waals surface area contributed by atoms with E-state index in [1.54, 1.807) is 39.0 Å². The average Bonchev–Trinajstić information content (AvgIpc) is 2.76. The van der Waals surface area contributed by atoms with Crippen molar-refractivity contribution < 1.29 is 32.2 Å². The molecule has 2 rings (SSSR count). The molecule has 0 aliphatic rings. The lowest BCUT2D eigenvalue weighted by molar-refractivity contribution is -0.141. The maximum atomic E-state index is 13.2. The number of methoxy groups -OCH3 is 3. The summed E-state index contributed by atoms with van der Waals surface area (Å²) < 4.78 is 42.9. The van der Waals surface area contributed by atoms with E-state index in [-0.39, 0.29) is 23.5 Å². The molecule has 9 nitrogen and oxygen atoms in total. The number of nitrogens with one attached hydrogen (secondary N) is 1. The Labute approximate surface area is 194 Å². The number of carbonyl (C=O) groups excluding carboxylic acids is 2. The predicted octanol–water partition coefficient (Wildman–Crippen LogP) is 2.60. The largest absolute Gasteiger partial charge is 0.497 e. The van der Waals surface area contributed by atoms with E-state index in [9.17, 15) is 18.0 Å². The van der Waals surface area contributed by atoms with Crippen LogP contribution in [0.2, 0.25) is 0 Å². The number of ether oxygens (including phenoxy) is 3. The summed E-state index contributed by atoms with van der Waals surface area (Å²) >= 11 is 0. The van der Waals surface area contributed by atoms with Crippen molar-refractivity contribution in [2.24, 2.45) is 0 Å². The molecule has 2 aromatic rings. The molecule has 1 N–H and O–H groups in total. The van der Waals surface area contributed by atoms with Gasteiger partial charge in [-0.15, -0.1) is 0 Å². The van der Waals surface area contributed by atoms with E-state index in [2.05, 4.69) is 4.72 Å². The van der Waals surface area contributed by atoms with Gasteiger partial charge in [-0.3, -0.25) is 9.59 Å². The van der Waals surface area contributed by atoms with Gasteiger partial charge in [0, 0.05) is 23.7 Å². The second-order valence-corrected chi connectivity index (χ2v) is 10.0. The monoisotopic (exact) mass is 478 g/mol. The number of benzene rings is 2. The summed E-state index contributed by atoms with van der Waals surface area (Å²) in [7, 11) is 0.521. The van der Waals surface area contributed by atoms with Gasteiger partial charge in [-0.1, -0.05) is 0 Å². The molecule has 0 bridgehead atoms. The van der Waals surface area contributed by atoms with Gasteiger partial charge in [0.25, 0.3) is 5.91 Å². The number of carbonyl (C=O) groups is 2. The second kappa shape index (κ2) is 10.7. The number of esters is 1. The molecule has 0 spiro atoms. The fourth-order valence-corrected chi connectivity index (χ4v) is 4.44. The highest BCUT2D eigenvalue weighted by Crippen LogP contribution is 2.24. The zero-order valence-corrected chi connectivity index (χ0v) is 20.5. The molecule has 0 radical (unpaired) electrons. The standard InChI is InChI=1S/C23H30N2O7S/c1-23(2,3)24-33(28,29)20-9-7-17(8-10-20)22(27)25(15-21(26)32-6)14-16-11-18(30-4)13-19(12-16)31-5/h7-13,24H,14-15H2,1-6H3. The summed E-state index contributed by atoms with van der Waals surface area (Å²) in [5.41, 5.74) is 0.253. The van der Waals surface area contributed by atoms with Crippen molar-refractivity contribution in [3.8, 4) is 11.5 Å². The Kier molecular flexibility index (Phi) is 8.45. The third kappa shape index (κ3) is 7.47. The van der Waals surface area contributed by atoms with Gasteiger partial charge in [-0.2, -0.15) is 0 Å². The van der Waals surface area contributed by atoms with E-state index in [4.69, 9.17) is 14.2 Å². The molecule has 0 fully saturated rings. The Morgan fingerprint density at radius 1 is 0.939 bits per heavy atom. The summed E-state index contributed by atoms with van der Waals surface area (Å²) in [4.78, 5) is 26.5. The molecule has 0 heterocycles. The highest BCUT2D eigenvalue weighted by molar-refractivity contribution is 7.89. The van der Waals surface area contributed by atoms with Gasteiger partial charge in [-0.25, -0.2) is 13.1 Å². The molecule has 0 aliphatic heterocycles. The summed E-state index contributed by atoms with van der Waals surface area (Å²) in [5, 5.41) is 0. The first-order valence-corrected chi connectivity index (χ1v) is 11.6. The van der Waals surface area contributed by atoms with Gasteiger partial charge < -0.3 is 19.1 Å². The molecule has 10 heteroatoms. The van der Waals surface area contributed by atoms with Crippen molar-refractivity contribution in [1.29, 1.82) is 0 Å². The van der Waals surface area contributed by atoms with Crippen LogP contribution in [0.15, 0.2) is 47.4 Å². The molecule has 1 amide bonds. The van der Waals surface area contributed by atoms with E-state index in [0.29, 0.717) is 17.1 Å². The lowest BCUT2D eigenvalue weighted by Crippen LogP contribution is -2.40. The van der Waals surface area contributed by atoms with Crippen molar-refractivity contribution in [2.45, 2.75) is 37.8 Å². The summed E-state index contributed by atoms with van der Waals surface area (Å²) in [6.45, 7) is 5.00. The molecular weight excluding hydrogens is 448 g/mol. The Bertz CT molecular complexity index is 1070. The SMILES string of the molecule is COC(=O)CN(Cc1cc(OC)cc(OC)c1)C(=O)c1ccc(S(=O)(=O)NC(C)(C)C)cc1. The number of hydrogen-bond donors (Lipinski definition) is 1. The Hall–Kier alpha value is -3.11. The molecule has 0 unspecified atom stereocenters. The van der Waals surface area contributed by atoms with Crippen molar-refractivity contribution >= 4 is 21.9 Å². The summed E-state index contributed by atoms with van der Waals surface area (Å²) in [6.07, 6.45) is 0. The quantitative estimate of drug-likeness (QED) is 0.552. The topological polar surface area (TPSA) is 111 Å². The van der Waals surface area contributed by atoms with Gasteiger partial charge in [0.05, 0.1) is 26.2 Å². The van der Waals surface area contributed by atoms with Crippen LogP contribution < -0.4 is 14.2 Å². The second-order valence-electron chi connectivity index (χ2n) is 8.34. The van der Waals surface area contributed by atoms with Crippen molar-refractivity contribution in [3.63, 3.8) is 0 Å². The van der Waals surface area contributed by atoms with E-state index in [1.165, 1.54) is 50.5 Å². The Morgan fingerprint density at radius 2 is 1.48 bits per heavy atom. The number of amides is 1. The lowest BCUT2D eigenvalue weighted by atomic mass is 10.1. The van der Waals surface area contributed by atoms with Crippen LogP contribution in [0.3, 0.4) is 0 Å². The first kappa shape index (κ1) is 26.1. The van der Waals surface area contributed by atoms with Crippen LogP contribution in [0.4, 0.5) is 0 Å². The third-order valence-electron chi connectivity index (χ3n) is 4.47. The molecule has 0 saturated carbocycles. The van der Waals surface area contributed by atoms with Crippen LogP contribution in [0.5, 0.6) is 11.5 Å². The van der Waals surface area contributed by atoms with Crippen LogP contribution in [-0.4, -0.2) is 58.6 Å². The minimum absolute atomic E-state index is 0.0334. The maximum Gasteiger partial charge on any atom is 0.325 e. The van der Waals surface area contributed by atoms with Crippen molar-refractivity contribution in [3.05, 3.63) is 53.6 Å². The fourth-order valence-electron chi connectivity index (χ4n) is 3.02. The van der Waals surface area contributed by atoms with Gasteiger partial charge >= 0.3 is 5.97 Å². The molecule has 0 atom stereocenters. The maximum absolute atomic E-state index is 13.2. The normalized spacial score (nSPS) is 11.6. The third-order valence-corrected chi connectivity index (χ3v) is 6.25. The van der Waals surface area contributed by atoms with Crippen molar-refractivity contribution in [2.75, 3.05) is 27.9 Å². The van der Waals surface area contributed by atoms with Crippen LogP contribution in [-0.2, 0) is 26.1 Å². The molecule has 0 aromatic heterocycles. The average molecular weight is 479 g/mol. The van der Waals surface area contributed by atoms with Gasteiger partial charge in [0.15, 0.2) is 0 Å². The minimum Gasteiger partial charge on any atom is -0.497 e. The molecule has 33 heavy (non-hydrogen) atoms. The van der Waals surface area contributed by atoms with Gasteiger partial charge in [-0.05, 0) is 62.7 Å². The first-order chi connectivity index (χ1) is 15.4. The Morgan fingerprint density at radius 3 is 1.94 bits per heavy atom. The fraction of sp³-hybridized carbons (Fsp3) is 0.391. The lowest BCUT2D eigenvalue weighted by Gasteiger charge is -2.23. The first-order valence-electron chi connectivity index (χ1n) is 10.1. The van der Waals surface area contributed by atoms with Crippen LogP contribution in [0.1, 0.15) is 36.7 Å². The molecular formula is C23H30N2O7S. The Balaban J connectivity index is 2.33. The van der Waals surface area contributed by atoms with Crippen LogP contribution >= 0.6 is 0 Å². The number of rotatable bonds is 9. The summed E-state index contributed by atoms with van der Waals surface area (Å²) in [5.74, 6) is 0.0214. The minimum atomic E-state index is -3.74. The van der Waals surface area contributed by atoms with Gasteiger partial charge in [0.2, 0.25) is 10.0 Å². The van der Waals surface area contributed by atoms with Crippen LogP contribution in [0.25, 0.3) is 0 Å². The molecule has 180 valence electrons. The molecule has 0 aliphatic carbocycles. The van der Waals surface area contributed by atoms with Crippen LogP contribution in [0, 0.1) is 0 Å². The van der Waals surface area contributed by atoms with E-state index < -0.39 is 27.4 Å². The van der Waals surface area contributed by atoms with E-state index in [0.717, 1.165) is 0 Å². The zero-order valence-electron chi connectivity index (χ0n) is 19.7. The van der Waals surface area contributed by atoms with Gasteiger partial charge in [0.1, 0.15) is 18.0 Å². The highest BCUT2D eigenvalue weighted by atomic mass is 32.2. The highest BCUT2D eigenvalue weighted by Gasteiger charge is 2.24. The van der Waals surface area contributed by atoms with E-state index >= 15 is 0 Å². The zero-order chi connectivity index (χ0) is 24.8. The summed E-state index contributed by atoms with van der Waals surface area (Å²) in [6, 6.07) is 10.7. The predicted molar refractivity (Wildman–Crippen MR) is 123 cm³/mol. The molecule has 0 saturated heterocycles. The van der Waals surface area contributed by atoms with Crippen molar-refractivity contribution in [1.82, 2.24) is 9.62 Å². The molecule has 2 aromatic carbocycles. The number of sulfonamides is 1. The smallest absolute Gasteiger partial charge is 0.325 e. The van der Waals surface area contributed by atoms with E-state index in [1.807, 2.05) is 0 Å². The number of hydrogen-bond acceptors (Lipinski definition) is 7. The number of nitrogens with zero attached hydrogens (tertiary/aromatic N) is 1.